The third-order valence-electron chi connectivity index (χ3n) is 10.7. The summed E-state index contributed by atoms with van der Waals surface area (Å²) in [6, 6.07) is 73.8. The predicted molar refractivity (Wildman–Crippen MR) is 243 cm³/mol. The zero-order valence-electron chi connectivity index (χ0n) is 30.5. The van der Waals surface area contributed by atoms with Crippen LogP contribution in [0.2, 0.25) is 0 Å². The minimum Gasteiger partial charge on any atom is -0.480 e. The summed E-state index contributed by atoms with van der Waals surface area (Å²) in [5, 5.41) is 13.0. The van der Waals surface area contributed by atoms with Crippen molar-refractivity contribution in [2.24, 2.45) is 0 Å². The normalized spacial score (nSPS) is 11.5. The van der Waals surface area contributed by atoms with E-state index in [1.165, 1.54) is 32.2 Å². The van der Waals surface area contributed by atoms with Gasteiger partial charge in [-0.3, -0.25) is 0 Å². The fraction of sp³-hybridized carbons (Fsp3) is 0. The molecule has 0 amide bonds. The first-order chi connectivity index (χ1) is 27.8. The Morgan fingerprint density at radius 1 is 0.304 bits per heavy atom. The molecule has 0 aliphatic heterocycles. The molecule has 56 heavy (non-hydrogen) atoms. The number of rotatable bonds is 8. The van der Waals surface area contributed by atoms with E-state index in [1.807, 2.05) is 0 Å². The maximum Gasteiger partial charge on any atom is 0.136 e. The molecule has 0 radical (unpaired) electrons. The van der Waals surface area contributed by atoms with Gasteiger partial charge >= 0.3 is 0 Å². The van der Waals surface area contributed by atoms with Gasteiger partial charge in [0.1, 0.15) is 17.2 Å². The van der Waals surface area contributed by atoms with Crippen LogP contribution in [0.25, 0.3) is 65.3 Å². The SMILES string of the molecule is POc1ccc2ccccc2c1-c1c(Oc2ccc3ccccc3c2-c2c(P(c3ccccc3)c3ccccc3)ccc3ccccc23)ccc2ccccc12. The number of hydrogen-bond acceptors (Lipinski definition) is 2. The average Bonchev–Trinajstić information content (AvgIpc) is 3.27. The molecular weight excluding hydrogens is 719 g/mol. The molecule has 0 bridgehead atoms. The maximum absolute atomic E-state index is 7.45. The molecule has 266 valence electrons. The monoisotopic (exact) mass is 754 g/mol. The number of benzene rings is 10. The first-order valence-electron chi connectivity index (χ1n) is 18.8. The van der Waals surface area contributed by atoms with Crippen molar-refractivity contribution in [1.82, 2.24) is 0 Å². The summed E-state index contributed by atoms with van der Waals surface area (Å²) in [6.45, 7) is 0. The molecular formula is C52H36O2P2. The summed E-state index contributed by atoms with van der Waals surface area (Å²) in [5.74, 6) is 2.32. The van der Waals surface area contributed by atoms with E-state index in [0.717, 1.165) is 66.3 Å². The van der Waals surface area contributed by atoms with Crippen LogP contribution in [0.5, 0.6) is 17.2 Å². The zero-order chi connectivity index (χ0) is 37.4. The van der Waals surface area contributed by atoms with Crippen molar-refractivity contribution in [3.63, 3.8) is 0 Å². The van der Waals surface area contributed by atoms with Crippen molar-refractivity contribution < 1.29 is 9.26 Å². The van der Waals surface area contributed by atoms with Crippen molar-refractivity contribution in [3.8, 4) is 39.5 Å². The zero-order valence-corrected chi connectivity index (χ0v) is 32.5. The van der Waals surface area contributed by atoms with Gasteiger partial charge in [0.15, 0.2) is 0 Å². The molecule has 0 saturated heterocycles. The number of hydrogen-bond donors (Lipinski definition) is 0. The van der Waals surface area contributed by atoms with Gasteiger partial charge in [-0.2, -0.15) is 0 Å². The second-order valence-corrected chi connectivity index (χ2v) is 16.3. The lowest BCUT2D eigenvalue weighted by Gasteiger charge is -2.26. The van der Waals surface area contributed by atoms with Gasteiger partial charge in [-0.25, -0.2) is 0 Å². The Kier molecular flexibility index (Phi) is 9.00. The predicted octanol–water partition coefficient (Wildman–Crippen LogP) is 13.4. The minimum absolute atomic E-state index is 0.759. The Labute approximate surface area is 330 Å². The van der Waals surface area contributed by atoms with Crippen molar-refractivity contribution in [2.45, 2.75) is 0 Å². The van der Waals surface area contributed by atoms with Crippen LogP contribution >= 0.6 is 17.4 Å². The Balaban J connectivity index is 1.29. The minimum atomic E-state index is -0.957. The molecule has 2 nitrogen and oxygen atoms in total. The molecule has 0 spiro atoms. The molecule has 10 rings (SSSR count). The van der Waals surface area contributed by atoms with Gasteiger partial charge in [0.2, 0.25) is 0 Å². The highest BCUT2D eigenvalue weighted by atomic mass is 31.1. The summed E-state index contributed by atoms with van der Waals surface area (Å²) in [5.41, 5.74) is 4.25. The fourth-order valence-corrected chi connectivity index (χ4v) is 10.9. The molecule has 10 aromatic rings. The molecule has 1 atom stereocenters. The third-order valence-corrected chi connectivity index (χ3v) is 13.4. The first-order valence-corrected chi connectivity index (χ1v) is 20.6. The standard InChI is InChI=1S/C52H36O2P2/c55-54-47-33-29-37-17-9-13-25-43(37)51(47)49-41-23-11-7-15-35(41)27-31-45(49)53-46-32-28-36-16-8-12-24-42(36)50(46)52-44-26-14-10-18-38(44)30-34-48(52)56(39-19-3-1-4-20-39)40-21-5-2-6-22-40/h1-34H,55H2. The van der Waals surface area contributed by atoms with E-state index < -0.39 is 7.92 Å². The van der Waals surface area contributed by atoms with Gasteiger partial charge in [0, 0.05) is 22.3 Å². The quantitative estimate of drug-likeness (QED) is 0.144. The highest BCUT2D eigenvalue weighted by Crippen LogP contribution is 2.50. The van der Waals surface area contributed by atoms with Gasteiger partial charge < -0.3 is 9.26 Å². The van der Waals surface area contributed by atoms with Crippen LogP contribution in [0.4, 0.5) is 0 Å². The summed E-state index contributed by atoms with van der Waals surface area (Å²) in [4.78, 5) is 0. The number of ether oxygens (including phenoxy) is 1. The number of fused-ring (bicyclic) bond motifs is 4. The van der Waals surface area contributed by atoms with Gasteiger partial charge in [-0.1, -0.05) is 188 Å². The van der Waals surface area contributed by atoms with Crippen molar-refractivity contribution in [3.05, 3.63) is 206 Å². The van der Waals surface area contributed by atoms with Crippen LogP contribution < -0.4 is 25.2 Å². The third kappa shape index (κ3) is 6.00. The Morgan fingerprint density at radius 2 is 0.643 bits per heavy atom. The fourth-order valence-electron chi connectivity index (χ4n) is 8.21. The van der Waals surface area contributed by atoms with Crippen LogP contribution in [0.1, 0.15) is 0 Å². The van der Waals surface area contributed by atoms with Gasteiger partial charge in [0.25, 0.3) is 0 Å². The van der Waals surface area contributed by atoms with Gasteiger partial charge in [-0.05, 0) is 85.1 Å². The van der Waals surface area contributed by atoms with E-state index in [1.54, 1.807) is 0 Å². The van der Waals surface area contributed by atoms with Crippen molar-refractivity contribution in [2.75, 3.05) is 0 Å². The Bertz CT molecular complexity index is 3010. The van der Waals surface area contributed by atoms with Gasteiger partial charge in [-0.15, -0.1) is 0 Å². The highest BCUT2D eigenvalue weighted by molar-refractivity contribution is 7.80. The van der Waals surface area contributed by atoms with Crippen LogP contribution in [0, 0.1) is 0 Å². The Hall–Kier alpha value is -6.30. The van der Waals surface area contributed by atoms with E-state index in [4.69, 9.17) is 9.26 Å². The molecule has 0 aliphatic rings. The van der Waals surface area contributed by atoms with E-state index in [-0.39, 0.29) is 0 Å². The topological polar surface area (TPSA) is 18.5 Å². The average molecular weight is 755 g/mol. The maximum atomic E-state index is 7.45. The highest BCUT2D eigenvalue weighted by Gasteiger charge is 2.26. The molecule has 0 fully saturated rings. The van der Waals surface area contributed by atoms with E-state index >= 15 is 0 Å². The largest absolute Gasteiger partial charge is 0.480 e. The molecule has 0 aromatic heterocycles. The second-order valence-electron chi connectivity index (χ2n) is 13.9. The molecule has 0 N–H and O–H groups in total. The van der Waals surface area contributed by atoms with E-state index in [2.05, 4.69) is 216 Å². The lowest BCUT2D eigenvalue weighted by atomic mass is 9.91. The molecule has 1 unspecified atom stereocenters. The molecule has 0 heterocycles. The lowest BCUT2D eigenvalue weighted by molar-refractivity contribution is 0.487. The van der Waals surface area contributed by atoms with Crippen LogP contribution in [0.3, 0.4) is 0 Å². The summed E-state index contributed by atoms with van der Waals surface area (Å²) < 4.78 is 13.5. The smallest absolute Gasteiger partial charge is 0.136 e. The van der Waals surface area contributed by atoms with E-state index in [0.29, 0.717) is 0 Å². The molecule has 0 saturated carbocycles. The molecule has 4 heteroatoms. The lowest BCUT2D eigenvalue weighted by Crippen LogP contribution is -2.22. The van der Waals surface area contributed by atoms with Crippen LogP contribution in [-0.4, -0.2) is 0 Å². The molecule has 10 aromatic carbocycles. The Morgan fingerprint density at radius 3 is 1.09 bits per heavy atom. The first kappa shape index (κ1) is 34.2. The van der Waals surface area contributed by atoms with E-state index in [9.17, 15) is 0 Å². The summed E-state index contributed by atoms with van der Waals surface area (Å²) in [6.07, 6.45) is 0. The van der Waals surface area contributed by atoms with Crippen LogP contribution in [-0.2, 0) is 0 Å². The summed E-state index contributed by atoms with van der Waals surface area (Å²) in [7, 11) is 1.51. The van der Waals surface area contributed by atoms with Crippen molar-refractivity contribution in [1.29, 1.82) is 0 Å². The second kappa shape index (κ2) is 14.7. The summed E-state index contributed by atoms with van der Waals surface area (Å²) >= 11 is 0. The van der Waals surface area contributed by atoms with Gasteiger partial charge in [0.05, 0.1) is 9.47 Å². The molecule has 0 aliphatic carbocycles. The van der Waals surface area contributed by atoms with Crippen molar-refractivity contribution >= 4 is 76.4 Å². The van der Waals surface area contributed by atoms with Crippen LogP contribution in [0.15, 0.2) is 206 Å².